The first-order chi connectivity index (χ1) is 17.8. The molecule has 0 saturated heterocycles. The van der Waals surface area contributed by atoms with Gasteiger partial charge >= 0.3 is 12.1 Å². The second-order valence-electron chi connectivity index (χ2n) is 9.08. The van der Waals surface area contributed by atoms with Gasteiger partial charge in [-0.15, -0.1) is 0 Å². The van der Waals surface area contributed by atoms with Gasteiger partial charge in [-0.1, -0.05) is 31.9 Å². The zero-order chi connectivity index (χ0) is 28.5. The summed E-state index contributed by atoms with van der Waals surface area (Å²) in [6.07, 6.45) is -0.558. The van der Waals surface area contributed by atoms with Crippen molar-refractivity contribution in [1.29, 1.82) is 0 Å². The number of nitrogens with one attached hydrogen (secondary N) is 2. The van der Waals surface area contributed by atoms with Gasteiger partial charge in [0.1, 0.15) is 17.1 Å². The summed E-state index contributed by atoms with van der Waals surface area (Å²) in [5.41, 5.74) is 7.04. The van der Waals surface area contributed by atoms with Crippen LogP contribution in [0.2, 0.25) is 0 Å². The molecule has 206 valence electrons. The number of carbonyl (C=O) groups excluding carboxylic acids is 2. The van der Waals surface area contributed by atoms with Gasteiger partial charge in [0.05, 0.1) is 13.2 Å². The molecule has 0 aliphatic carbocycles. The number of amides is 1. The molecule has 0 unspecified atom stereocenters. The lowest BCUT2D eigenvalue weighted by atomic mass is 10.2. The summed E-state index contributed by atoms with van der Waals surface area (Å²) in [5, 5.41) is 23.6. The number of hydrogen-bond donors (Lipinski definition) is 4. The zero-order valence-electron chi connectivity index (χ0n) is 21.8. The largest absolute Gasteiger partial charge is 0.508 e. The van der Waals surface area contributed by atoms with E-state index in [2.05, 4.69) is 47.8 Å². The number of nitrogens with zero attached hydrogens (tertiary/aromatic N) is 2. The quantitative estimate of drug-likeness (QED) is 0.192. The Kier molecular flexibility index (Phi) is 11.6. The summed E-state index contributed by atoms with van der Waals surface area (Å²) in [6, 6.07) is 11.9. The highest BCUT2D eigenvalue weighted by Gasteiger charge is 2.16. The molecule has 0 radical (unpaired) electrons. The van der Waals surface area contributed by atoms with E-state index < -0.39 is 17.7 Å². The molecule has 0 aliphatic rings. The molecule has 0 atom stereocenters. The highest BCUT2D eigenvalue weighted by Crippen LogP contribution is 2.23. The molecular formula is C26H32Br2N4O6. The number of aryl methyl sites for hydroxylation is 1. The molecule has 10 nitrogen and oxygen atoms in total. The molecule has 0 spiro atoms. The maximum absolute atomic E-state index is 11.6. The first-order valence-corrected chi connectivity index (χ1v) is 13.3. The van der Waals surface area contributed by atoms with Crippen molar-refractivity contribution in [2.75, 3.05) is 6.61 Å². The molecule has 3 aromatic rings. The molecule has 0 aliphatic heterocycles. The maximum Gasteiger partial charge on any atom is 0.422 e. The summed E-state index contributed by atoms with van der Waals surface area (Å²) in [4.78, 5) is 23.0. The van der Waals surface area contributed by atoms with Crippen LogP contribution < -0.4 is 10.9 Å². The molecule has 38 heavy (non-hydrogen) atoms. The first-order valence-electron chi connectivity index (χ1n) is 11.7. The standard InChI is InChI=1S/C14H15BrN2O3.C12H17BrN2O3/c1-3-20-14(19)12-6-9(2)17(16-12)8-10-7-11(15)4-5-13(10)18;1-12(2,3)18-11(17)15-14-7-8-6-9(13)4-5-10(8)16/h4-7,18H,3,8H2,1-2H3;4-6,14,16H,7H2,1-3H3,(H,15,17). The average molecular weight is 656 g/mol. The van der Waals surface area contributed by atoms with E-state index in [4.69, 9.17) is 9.47 Å². The number of aromatic hydroxyl groups is 2. The van der Waals surface area contributed by atoms with Crippen LogP contribution in [0.4, 0.5) is 4.79 Å². The topological polar surface area (TPSA) is 135 Å². The van der Waals surface area contributed by atoms with E-state index in [1.165, 1.54) is 0 Å². The van der Waals surface area contributed by atoms with E-state index in [0.717, 1.165) is 20.2 Å². The van der Waals surface area contributed by atoms with Crippen LogP contribution in [-0.4, -0.2) is 44.3 Å². The Morgan fingerprint density at radius 2 is 1.58 bits per heavy atom. The molecular weight excluding hydrogens is 624 g/mol. The van der Waals surface area contributed by atoms with Gasteiger partial charge in [0.15, 0.2) is 5.69 Å². The fourth-order valence-corrected chi connectivity index (χ4v) is 3.84. The second-order valence-corrected chi connectivity index (χ2v) is 10.9. The Labute approximate surface area is 238 Å². The van der Waals surface area contributed by atoms with E-state index in [-0.39, 0.29) is 17.2 Å². The van der Waals surface area contributed by atoms with E-state index >= 15 is 0 Å². The van der Waals surface area contributed by atoms with Crippen molar-refractivity contribution in [3.05, 3.63) is 73.9 Å². The highest BCUT2D eigenvalue weighted by molar-refractivity contribution is 9.10. The van der Waals surface area contributed by atoms with Crippen molar-refractivity contribution in [2.24, 2.45) is 0 Å². The van der Waals surface area contributed by atoms with Crippen molar-refractivity contribution >= 4 is 43.9 Å². The number of hydrogen-bond acceptors (Lipinski definition) is 8. The number of phenols is 2. The molecule has 12 heteroatoms. The third-order valence-corrected chi connectivity index (χ3v) is 5.72. The van der Waals surface area contributed by atoms with E-state index in [0.29, 0.717) is 25.3 Å². The Morgan fingerprint density at radius 1 is 1.00 bits per heavy atom. The minimum absolute atomic E-state index is 0.164. The van der Waals surface area contributed by atoms with Gasteiger partial charge in [-0.25, -0.2) is 15.0 Å². The molecule has 1 amide bonds. The van der Waals surface area contributed by atoms with Crippen LogP contribution in [0.15, 0.2) is 51.4 Å². The highest BCUT2D eigenvalue weighted by atomic mass is 79.9. The van der Waals surface area contributed by atoms with Crippen molar-refractivity contribution < 1.29 is 29.3 Å². The zero-order valence-corrected chi connectivity index (χ0v) is 25.0. The van der Waals surface area contributed by atoms with Gasteiger partial charge in [0, 0.05) is 32.3 Å². The van der Waals surface area contributed by atoms with Crippen molar-refractivity contribution in [3.63, 3.8) is 0 Å². The average Bonchev–Trinajstić information content (AvgIpc) is 3.18. The Morgan fingerprint density at radius 3 is 2.16 bits per heavy atom. The summed E-state index contributed by atoms with van der Waals surface area (Å²) >= 11 is 6.67. The van der Waals surface area contributed by atoms with E-state index in [9.17, 15) is 19.8 Å². The summed E-state index contributed by atoms with van der Waals surface area (Å²) in [6.45, 7) is 9.95. The predicted octanol–water partition coefficient (Wildman–Crippen LogP) is 5.57. The van der Waals surface area contributed by atoms with Crippen molar-refractivity contribution in [1.82, 2.24) is 20.6 Å². The van der Waals surface area contributed by atoms with Crippen LogP contribution in [0.5, 0.6) is 11.5 Å². The Balaban J connectivity index is 0.000000269. The molecule has 0 bridgehead atoms. The number of hydrazine groups is 1. The number of ether oxygens (including phenoxy) is 2. The first kappa shape index (κ1) is 31.1. The van der Waals surface area contributed by atoms with Crippen molar-refractivity contribution in [2.45, 2.75) is 53.3 Å². The van der Waals surface area contributed by atoms with Gasteiger partial charge in [-0.05, 0) is 77.1 Å². The fourth-order valence-electron chi connectivity index (χ4n) is 3.03. The lowest BCUT2D eigenvalue weighted by molar-refractivity contribution is 0.0492. The van der Waals surface area contributed by atoms with Crippen LogP contribution >= 0.6 is 31.9 Å². The normalized spacial score (nSPS) is 10.8. The van der Waals surface area contributed by atoms with Crippen LogP contribution in [0.1, 0.15) is 55.0 Å². The molecule has 2 aromatic carbocycles. The van der Waals surface area contributed by atoms with Crippen LogP contribution in [-0.2, 0) is 22.6 Å². The molecule has 4 N–H and O–H groups in total. The number of halogens is 2. The fraction of sp³-hybridized carbons (Fsp3) is 0.346. The number of carbonyl (C=O) groups is 2. The smallest absolute Gasteiger partial charge is 0.422 e. The lowest BCUT2D eigenvalue weighted by Gasteiger charge is -2.19. The number of rotatable bonds is 7. The molecule has 1 heterocycles. The number of aromatic nitrogens is 2. The SMILES string of the molecule is CC(C)(C)OC(=O)NNCc1cc(Br)ccc1O.CCOC(=O)c1cc(C)n(Cc2cc(Br)ccc2O)n1. The molecule has 3 rings (SSSR count). The monoisotopic (exact) mass is 654 g/mol. The second kappa shape index (κ2) is 14.2. The molecule has 0 fully saturated rings. The van der Waals surface area contributed by atoms with E-state index in [1.54, 1.807) is 68.8 Å². The van der Waals surface area contributed by atoms with Gasteiger partial charge < -0.3 is 19.7 Å². The number of esters is 1. The van der Waals surface area contributed by atoms with E-state index in [1.807, 2.05) is 13.0 Å². The maximum atomic E-state index is 11.6. The van der Waals surface area contributed by atoms with Crippen LogP contribution in [0, 0.1) is 6.92 Å². The number of phenolic OH excluding ortho intramolecular Hbond substituents is 2. The molecule has 1 aromatic heterocycles. The Hall–Kier alpha value is -3.09. The molecule has 0 saturated carbocycles. The third-order valence-electron chi connectivity index (χ3n) is 4.74. The van der Waals surface area contributed by atoms with Gasteiger partial charge in [0.2, 0.25) is 0 Å². The van der Waals surface area contributed by atoms with Crippen LogP contribution in [0.3, 0.4) is 0 Å². The number of benzene rings is 2. The van der Waals surface area contributed by atoms with Gasteiger partial charge in [-0.2, -0.15) is 5.10 Å². The Bertz CT molecular complexity index is 1260. The lowest BCUT2D eigenvalue weighted by Crippen LogP contribution is -2.40. The summed E-state index contributed by atoms with van der Waals surface area (Å²) in [7, 11) is 0. The summed E-state index contributed by atoms with van der Waals surface area (Å²) < 4.78 is 13.4. The van der Waals surface area contributed by atoms with Gasteiger partial charge in [-0.3, -0.25) is 10.1 Å². The minimum atomic E-state index is -0.558. The summed E-state index contributed by atoms with van der Waals surface area (Å²) in [5.74, 6) is -0.0784. The van der Waals surface area contributed by atoms with Gasteiger partial charge in [0.25, 0.3) is 0 Å². The van der Waals surface area contributed by atoms with Crippen molar-refractivity contribution in [3.8, 4) is 11.5 Å². The minimum Gasteiger partial charge on any atom is -0.508 e. The third kappa shape index (κ3) is 10.3. The van der Waals surface area contributed by atoms with Crippen LogP contribution in [0.25, 0.3) is 0 Å². The predicted molar refractivity (Wildman–Crippen MR) is 150 cm³/mol.